The van der Waals surface area contributed by atoms with Gasteiger partial charge in [0.15, 0.2) is 0 Å². The van der Waals surface area contributed by atoms with Crippen LogP contribution >= 0.6 is 0 Å². The molecule has 5 heteroatoms. The topological polar surface area (TPSA) is 57.6 Å². The summed E-state index contributed by atoms with van der Waals surface area (Å²) in [5, 5.41) is 8.79. The molecule has 1 heterocycles. The molecule has 0 bridgehead atoms. The molecule has 1 fully saturated rings. The smallest absolute Gasteiger partial charge is 0.303 e. The van der Waals surface area contributed by atoms with Gasteiger partial charge in [-0.2, -0.15) is 0 Å². The SMILES string of the molecule is O=C(O)CC[C@@H]1CCCCN1C(=O)Cc1ccccc1F. The Morgan fingerprint density at radius 1 is 1.29 bits per heavy atom. The number of hydrogen-bond acceptors (Lipinski definition) is 2. The number of piperidine rings is 1. The Bertz CT molecular complexity index is 518. The summed E-state index contributed by atoms with van der Waals surface area (Å²) >= 11 is 0. The molecule has 1 atom stereocenters. The Kier molecular flexibility index (Phi) is 5.31. The second-order valence-electron chi connectivity index (χ2n) is 5.44. The van der Waals surface area contributed by atoms with Crippen molar-refractivity contribution in [2.75, 3.05) is 6.54 Å². The maximum atomic E-state index is 13.6. The molecule has 0 radical (unpaired) electrons. The Morgan fingerprint density at radius 2 is 2.05 bits per heavy atom. The van der Waals surface area contributed by atoms with Gasteiger partial charge >= 0.3 is 5.97 Å². The van der Waals surface area contributed by atoms with Crippen LogP contribution in [0.2, 0.25) is 0 Å². The molecule has 0 spiro atoms. The van der Waals surface area contributed by atoms with E-state index in [4.69, 9.17) is 5.11 Å². The lowest BCUT2D eigenvalue weighted by Gasteiger charge is -2.35. The summed E-state index contributed by atoms with van der Waals surface area (Å²) in [6, 6.07) is 6.24. The minimum Gasteiger partial charge on any atom is -0.481 e. The van der Waals surface area contributed by atoms with Crippen molar-refractivity contribution in [3.8, 4) is 0 Å². The van der Waals surface area contributed by atoms with Gasteiger partial charge in [-0.15, -0.1) is 0 Å². The second-order valence-corrected chi connectivity index (χ2v) is 5.44. The highest BCUT2D eigenvalue weighted by Gasteiger charge is 2.27. The standard InChI is InChI=1S/C16H20FNO3/c17-14-7-2-1-5-12(14)11-15(19)18-10-4-3-6-13(18)8-9-16(20)21/h1-2,5,7,13H,3-4,6,8-11H2,(H,20,21)/t13-/m0/s1. The van der Waals surface area contributed by atoms with Crippen LogP contribution in [0.25, 0.3) is 0 Å². The average Bonchev–Trinajstić information content (AvgIpc) is 2.47. The molecule has 21 heavy (non-hydrogen) atoms. The molecular weight excluding hydrogens is 273 g/mol. The third-order valence-electron chi connectivity index (χ3n) is 3.94. The third-order valence-corrected chi connectivity index (χ3v) is 3.94. The maximum Gasteiger partial charge on any atom is 0.303 e. The minimum absolute atomic E-state index is 0.0332. The van der Waals surface area contributed by atoms with Crippen molar-refractivity contribution in [3.05, 3.63) is 35.6 Å². The van der Waals surface area contributed by atoms with Gasteiger partial charge in [0.1, 0.15) is 5.82 Å². The van der Waals surface area contributed by atoms with Gasteiger partial charge < -0.3 is 10.0 Å². The van der Waals surface area contributed by atoms with Gasteiger partial charge in [0.05, 0.1) is 6.42 Å². The van der Waals surface area contributed by atoms with E-state index in [1.807, 2.05) is 0 Å². The molecule has 0 aromatic heterocycles. The number of rotatable bonds is 5. The number of carbonyl (C=O) groups excluding carboxylic acids is 1. The Morgan fingerprint density at radius 3 is 2.76 bits per heavy atom. The van der Waals surface area contributed by atoms with Crippen molar-refractivity contribution in [2.45, 2.75) is 44.6 Å². The van der Waals surface area contributed by atoms with E-state index in [-0.39, 0.29) is 30.6 Å². The van der Waals surface area contributed by atoms with Crippen LogP contribution in [0.15, 0.2) is 24.3 Å². The van der Waals surface area contributed by atoms with Crippen molar-refractivity contribution in [1.29, 1.82) is 0 Å². The first-order chi connectivity index (χ1) is 10.1. The maximum absolute atomic E-state index is 13.6. The lowest BCUT2D eigenvalue weighted by Crippen LogP contribution is -2.44. The normalized spacial score (nSPS) is 18.5. The molecule has 0 unspecified atom stereocenters. The molecule has 2 rings (SSSR count). The summed E-state index contributed by atoms with van der Waals surface area (Å²) in [6.45, 7) is 0.636. The van der Waals surface area contributed by atoms with Crippen LogP contribution in [0.3, 0.4) is 0 Å². The van der Waals surface area contributed by atoms with E-state index in [2.05, 4.69) is 0 Å². The van der Waals surface area contributed by atoms with Crippen molar-refractivity contribution in [2.24, 2.45) is 0 Å². The van der Waals surface area contributed by atoms with Gasteiger partial charge in [0.25, 0.3) is 0 Å². The summed E-state index contributed by atoms with van der Waals surface area (Å²) in [5.74, 6) is -1.33. The Labute approximate surface area is 123 Å². The van der Waals surface area contributed by atoms with Gasteiger partial charge in [-0.1, -0.05) is 18.2 Å². The number of benzene rings is 1. The van der Waals surface area contributed by atoms with Crippen LogP contribution in [0.4, 0.5) is 4.39 Å². The molecule has 1 N–H and O–H groups in total. The zero-order chi connectivity index (χ0) is 15.2. The van der Waals surface area contributed by atoms with Crippen LogP contribution in [0.5, 0.6) is 0 Å². The summed E-state index contributed by atoms with van der Waals surface area (Å²) in [4.78, 5) is 24.8. The third kappa shape index (κ3) is 4.28. The van der Waals surface area contributed by atoms with E-state index >= 15 is 0 Å². The first kappa shape index (κ1) is 15.5. The summed E-state index contributed by atoms with van der Waals surface area (Å²) in [7, 11) is 0. The zero-order valence-electron chi connectivity index (χ0n) is 11.9. The average molecular weight is 293 g/mol. The predicted octanol–water partition coefficient (Wildman–Crippen LogP) is 2.61. The molecule has 0 aliphatic carbocycles. The first-order valence-electron chi connectivity index (χ1n) is 7.32. The van der Waals surface area contributed by atoms with Gasteiger partial charge in [0, 0.05) is 19.0 Å². The van der Waals surface area contributed by atoms with E-state index in [1.165, 1.54) is 6.07 Å². The van der Waals surface area contributed by atoms with Crippen LogP contribution in [0, 0.1) is 5.82 Å². The lowest BCUT2D eigenvalue weighted by molar-refractivity contribution is -0.139. The lowest BCUT2D eigenvalue weighted by atomic mass is 9.97. The van der Waals surface area contributed by atoms with E-state index in [0.717, 1.165) is 19.3 Å². The highest BCUT2D eigenvalue weighted by molar-refractivity contribution is 5.79. The number of halogens is 1. The van der Waals surface area contributed by atoms with Crippen molar-refractivity contribution in [3.63, 3.8) is 0 Å². The second kappa shape index (κ2) is 7.20. The predicted molar refractivity (Wildman–Crippen MR) is 76.3 cm³/mol. The van der Waals surface area contributed by atoms with Gasteiger partial charge in [-0.05, 0) is 37.3 Å². The van der Waals surface area contributed by atoms with Gasteiger partial charge in [-0.3, -0.25) is 9.59 Å². The highest BCUT2D eigenvalue weighted by atomic mass is 19.1. The van der Waals surface area contributed by atoms with Gasteiger partial charge in [0.2, 0.25) is 5.91 Å². The first-order valence-corrected chi connectivity index (χ1v) is 7.32. The number of carboxylic acid groups (broad SMARTS) is 1. The Balaban J connectivity index is 2.01. The molecule has 114 valence electrons. The summed E-state index contributed by atoms with van der Waals surface area (Å²) in [6.07, 6.45) is 3.33. The van der Waals surface area contributed by atoms with E-state index in [1.54, 1.807) is 23.1 Å². The molecule has 1 aromatic rings. The van der Waals surface area contributed by atoms with Gasteiger partial charge in [-0.25, -0.2) is 4.39 Å². The fourth-order valence-corrected chi connectivity index (χ4v) is 2.83. The molecule has 1 aromatic carbocycles. The van der Waals surface area contributed by atoms with Crippen LogP contribution in [0.1, 0.15) is 37.7 Å². The summed E-state index contributed by atoms with van der Waals surface area (Å²) < 4.78 is 13.6. The monoisotopic (exact) mass is 293 g/mol. The van der Waals surface area contributed by atoms with Crippen LogP contribution < -0.4 is 0 Å². The molecule has 1 saturated heterocycles. The molecule has 1 amide bonds. The van der Waals surface area contributed by atoms with Crippen molar-refractivity contribution >= 4 is 11.9 Å². The zero-order valence-corrected chi connectivity index (χ0v) is 11.9. The number of hydrogen-bond donors (Lipinski definition) is 1. The number of nitrogens with zero attached hydrogens (tertiary/aromatic N) is 1. The van der Waals surface area contributed by atoms with E-state index in [0.29, 0.717) is 18.5 Å². The number of carboxylic acids is 1. The Hall–Kier alpha value is -1.91. The van der Waals surface area contributed by atoms with Crippen molar-refractivity contribution < 1.29 is 19.1 Å². The molecule has 1 aliphatic rings. The number of carbonyl (C=O) groups is 2. The highest BCUT2D eigenvalue weighted by Crippen LogP contribution is 2.22. The largest absolute Gasteiger partial charge is 0.481 e. The molecular formula is C16H20FNO3. The van der Waals surface area contributed by atoms with Crippen LogP contribution in [-0.4, -0.2) is 34.5 Å². The quantitative estimate of drug-likeness (QED) is 0.908. The molecule has 4 nitrogen and oxygen atoms in total. The number of amides is 1. The minimum atomic E-state index is -0.845. The van der Waals surface area contributed by atoms with E-state index in [9.17, 15) is 14.0 Å². The van der Waals surface area contributed by atoms with Crippen LogP contribution in [-0.2, 0) is 16.0 Å². The fraction of sp³-hybridized carbons (Fsp3) is 0.500. The fourth-order valence-electron chi connectivity index (χ4n) is 2.83. The molecule has 1 aliphatic heterocycles. The number of likely N-dealkylation sites (tertiary alicyclic amines) is 1. The van der Waals surface area contributed by atoms with Crippen molar-refractivity contribution in [1.82, 2.24) is 4.90 Å². The number of aliphatic carboxylic acids is 1. The van der Waals surface area contributed by atoms with E-state index < -0.39 is 5.97 Å². The summed E-state index contributed by atoms with van der Waals surface area (Å²) in [5.41, 5.74) is 0.394. The molecule has 0 saturated carbocycles.